The number of esters is 1. The van der Waals surface area contributed by atoms with Crippen molar-refractivity contribution in [3.05, 3.63) is 12.2 Å². The number of carbonyl (C=O) groups is 1. The van der Waals surface area contributed by atoms with E-state index in [1.807, 2.05) is 0 Å². The fourth-order valence-electron chi connectivity index (χ4n) is 1.65. The summed E-state index contributed by atoms with van der Waals surface area (Å²) in [5.41, 5.74) is 0.494. The Morgan fingerprint density at radius 1 is 1.53 bits per heavy atom. The molecule has 0 radical (unpaired) electrons. The molecule has 15 heavy (non-hydrogen) atoms. The molecule has 0 aliphatic carbocycles. The Hall–Kier alpha value is -0.870. The smallest absolute Gasteiger partial charge is 0.334 e. The summed E-state index contributed by atoms with van der Waals surface area (Å²) in [6, 6.07) is 0. The van der Waals surface area contributed by atoms with Crippen molar-refractivity contribution in [2.45, 2.75) is 25.9 Å². The van der Waals surface area contributed by atoms with Gasteiger partial charge in [0.25, 0.3) is 0 Å². The highest BCUT2D eigenvalue weighted by Gasteiger charge is 2.19. The van der Waals surface area contributed by atoms with Gasteiger partial charge in [-0.15, -0.1) is 0 Å². The first kappa shape index (κ1) is 12.2. The van der Waals surface area contributed by atoms with Crippen LogP contribution in [0.25, 0.3) is 0 Å². The Kier molecular flexibility index (Phi) is 4.78. The molecule has 0 atom stereocenters. The van der Waals surface area contributed by atoms with Crippen molar-refractivity contribution in [3.63, 3.8) is 0 Å². The van der Waals surface area contributed by atoms with Gasteiger partial charge in [0.1, 0.15) is 0 Å². The fourth-order valence-corrected chi connectivity index (χ4v) is 1.65. The van der Waals surface area contributed by atoms with E-state index in [1.54, 1.807) is 6.92 Å². The molecule has 1 fully saturated rings. The lowest BCUT2D eigenvalue weighted by atomic mass is 10.1. The zero-order valence-corrected chi connectivity index (χ0v) is 9.24. The zero-order valence-electron chi connectivity index (χ0n) is 9.24. The largest absolute Gasteiger partial charge is 0.463 e. The normalized spacial score (nSPS) is 18.8. The lowest BCUT2D eigenvalue weighted by molar-refractivity contribution is -0.138. The molecule has 0 aromatic heterocycles. The highest BCUT2D eigenvalue weighted by molar-refractivity contribution is 5.88. The second-order valence-electron chi connectivity index (χ2n) is 3.83. The highest BCUT2D eigenvalue weighted by atomic mass is 16.5. The molecule has 0 unspecified atom stereocenters. The van der Waals surface area contributed by atoms with Crippen LogP contribution in [0.15, 0.2) is 12.2 Å². The second kappa shape index (κ2) is 5.88. The summed E-state index contributed by atoms with van der Waals surface area (Å²) in [6.45, 7) is 8.06. The van der Waals surface area contributed by atoms with Gasteiger partial charge < -0.3 is 9.84 Å². The minimum atomic E-state index is -0.316. The number of likely N-dealkylation sites (tertiary alicyclic amines) is 1. The van der Waals surface area contributed by atoms with Gasteiger partial charge in [0, 0.05) is 25.2 Å². The Balaban J connectivity index is 2.29. The Morgan fingerprint density at radius 3 is 2.67 bits per heavy atom. The van der Waals surface area contributed by atoms with E-state index in [0.717, 1.165) is 25.9 Å². The van der Waals surface area contributed by atoms with Crippen LogP contribution in [0.1, 0.15) is 19.8 Å². The first-order valence-corrected chi connectivity index (χ1v) is 5.38. The predicted octanol–water partition coefficient (Wildman–Crippen LogP) is 0.562. The van der Waals surface area contributed by atoms with Gasteiger partial charge in [-0.2, -0.15) is 0 Å². The Morgan fingerprint density at radius 2 is 2.13 bits per heavy atom. The number of hydrogen-bond donors (Lipinski definition) is 1. The second-order valence-corrected chi connectivity index (χ2v) is 3.83. The Bertz CT molecular complexity index is 232. The standard InChI is InChI=1S/C11H19NO3/c1-3-15-11(14)9(2)8-12-6-4-10(13)5-7-12/h10,13H,2-8H2,1H3. The molecule has 0 spiro atoms. The molecule has 1 aliphatic heterocycles. The average molecular weight is 213 g/mol. The lowest BCUT2D eigenvalue weighted by Gasteiger charge is -2.29. The molecule has 0 aromatic carbocycles. The minimum absolute atomic E-state index is 0.183. The van der Waals surface area contributed by atoms with Gasteiger partial charge in [0.05, 0.1) is 12.7 Å². The van der Waals surface area contributed by atoms with Crippen molar-refractivity contribution in [1.29, 1.82) is 0 Å². The molecule has 1 saturated heterocycles. The third kappa shape index (κ3) is 4.01. The number of hydrogen-bond acceptors (Lipinski definition) is 4. The first-order valence-electron chi connectivity index (χ1n) is 5.38. The number of aliphatic hydroxyl groups is 1. The molecular weight excluding hydrogens is 194 g/mol. The van der Waals surface area contributed by atoms with Crippen LogP contribution < -0.4 is 0 Å². The van der Waals surface area contributed by atoms with Crippen LogP contribution in [0.5, 0.6) is 0 Å². The predicted molar refractivity (Wildman–Crippen MR) is 57.5 cm³/mol. The van der Waals surface area contributed by atoms with E-state index >= 15 is 0 Å². The van der Waals surface area contributed by atoms with Crippen LogP contribution in [0.2, 0.25) is 0 Å². The SMILES string of the molecule is C=C(CN1CCC(O)CC1)C(=O)OCC. The maximum atomic E-state index is 11.3. The number of piperidine rings is 1. The summed E-state index contributed by atoms with van der Waals surface area (Å²) in [6.07, 6.45) is 1.36. The molecule has 1 aliphatic rings. The van der Waals surface area contributed by atoms with Crippen molar-refractivity contribution < 1.29 is 14.6 Å². The maximum Gasteiger partial charge on any atom is 0.334 e. The van der Waals surface area contributed by atoms with Crippen LogP contribution in [-0.4, -0.2) is 48.3 Å². The van der Waals surface area contributed by atoms with Crippen molar-refractivity contribution in [2.24, 2.45) is 0 Å². The molecule has 0 bridgehead atoms. The van der Waals surface area contributed by atoms with Gasteiger partial charge in [-0.25, -0.2) is 4.79 Å². The van der Waals surface area contributed by atoms with Crippen LogP contribution in [0, 0.1) is 0 Å². The van der Waals surface area contributed by atoms with Gasteiger partial charge in [0.15, 0.2) is 0 Å². The van der Waals surface area contributed by atoms with Crippen LogP contribution in [-0.2, 0) is 9.53 Å². The summed E-state index contributed by atoms with van der Waals surface area (Å²) in [5, 5.41) is 9.31. The lowest BCUT2D eigenvalue weighted by Crippen LogP contribution is -2.37. The van der Waals surface area contributed by atoms with Gasteiger partial charge in [0.2, 0.25) is 0 Å². The molecule has 1 rings (SSSR count). The van der Waals surface area contributed by atoms with Gasteiger partial charge in [-0.05, 0) is 19.8 Å². The number of ether oxygens (including phenoxy) is 1. The van der Waals surface area contributed by atoms with E-state index < -0.39 is 0 Å². The quantitative estimate of drug-likeness (QED) is 0.547. The summed E-state index contributed by atoms with van der Waals surface area (Å²) in [5.74, 6) is -0.316. The highest BCUT2D eigenvalue weighted by Crippen LogP contribution is 2.11. The third-order valence-electron chi connectivity index (χ3n) is 2.54. The molecule has 4 nitrogen and oxygen atoms in total. The molecular formula is C11H19NO3. The number of aliphatic hydroxyl groups excluding tert-OH is 1. The summed E-state index contributed by atoms with van der Waals surface area (Å²) in [4.78, 5) is 13.4. The summed E-state index contributed by atoms with van der Waals surface area (Å²) >= 11 is 0. The summed E-state index contributed by atoms with van der Waals surface area (Å²) < 4.78 is 4.85. The monoisotopic (exact) mass is 213 g/mol. The van der Waals surface area contributed by atoms with Crippen LogP contribution in [0.4, 0.5) is 0 Å². The molecule has 1 heterocycles. The number of rotatable bonds is 4. The number of carbonyl (C=O) groups excluding carboxylic acids is 1. The summed E-state index contributed by atoms with van der Waals surface area (Å²) in [7, 11) is 0. The molecule has 4 heteroatoms. The van der Waals surface area contributed by atoms with E-state index in [9.17, 15) is 9.90 Å². The minimum Gasteiger partial charge on any atom is -0.463 e. The molecule has 0 aromatic rings. The van der Waals surface area contributed by atoms with Crippen molar-refractivity contribution >= 4 is 5.97 Å². The molecule has 1 N–H and O–H groups in total. The van der Waals surface area contributed by atoms with Gasteiger partial charge >= 0.3 is 5.97 Å². The van der Waals surface area contributed by atoms with Crippen molar-refractivity contribution in [2.75, 3.05) is 26.2 Å². The van der Waals surface area contributed by atoms with E-state index in [0.29, 0.717) is 18.7 Å². The van der Waals surface area contributed by atoms with Gasteiger partial charge in [-0.1, -0.05) is 6.58 Å². The maximum absolute atomic E-state index is 11.3. The van der Waals surface area contributed by atoms with Crippen LogP contribution in [0.3, 0.4) is 0 Å². The fraction of sp³-hybridized carbons (Fsp3) is 0.727. The van der Waals surface area contributed by atoms with E-state index in [4.69, 9.17) is 4.74 Å². The molecule has 86 valence electrons. The van der Waals surface area contributed by atoms with Crippen LogP contribution >= 0.6 is 0 Å². The Labute approximate surface area is 90.5 Å². The third-order valence-corrected chi connectivity index (χ3v) is 2.54. The van der Waals surface area contributed by atoms with Crippen molar-refractivity contribution in [1.82, 2.24) is 4.90 Å². The van der Waals surface area contributed by atoms with E-state index in [1.165, 1.54) is 0 Å². The average Bonchev–Trinajstić information content (AvgIpc) is 2.22. The zero-order chi connectivity index (χ0) is 11.3. The van der Waals surface area contributed by atoms with Crippen molar-refractivity contribution in [3.8, 4) is 0 Å². The number of nitrogens with zero attached hydrogens (tertiary/aromatic N) is 1. The van der Waals surface area contributed by atoms with E-state index in [2.05, 4.69) is 11.5 Å². The molecule has 0 saturated carbocycles. The topological polar surface area (TPSA) is 49.8 Å². The van der Waals surface area contributed by atoms with E-state index in [-0.39, 0.29) is 12.1 Å². The first-order chi connectivity index (χ1) is 7.13. The van der Waals surface area contributed by atoms with Gasteiger partial charge in [-0.3, -0.25) is 4.90 Å². The molecule has 0 amide bonds.